The molecule has 2 heterocycles. The van der Waals surface area contributed by atoms with Crippen LogP contribution in [0.2, 0.25) is 0 Å². The molecule has 0 saturated carbocycles. The highest BCUT2D eigenvalue weighted by molar-refractivity contribution is 5.86. The second-order valence-electron chi connectivity index (χ2n) is 7.16. The van der Waals surface area contributed by atoms with Crippen molar-refractivity contribution in [1.29, 1.82) is 0 Å². The van der Waals surface area contributed by atoms with Gasteiger partial charge in [-0.1, -0.05) is 24.3 Å². The molecule has 2 aromatic heterocycles. The fraction of sp³-hybridized carbons (Fsp3) is 0. The molecule has 0 atom stereocenters. The lowest BCUT2D eigenvalue weighted by molar-refractivity contribution is 1.06. The minimum absolute atomic E-state index is 0.902. The number of hydrogen-bond donors (Lipinski definition) is 0. The molecule has 32 heavy (non-hydrogen) atoms. The standard InChI is InChI=1S/C26H20N6/c1-2-22(18-30-24-7-11-26(12-8-24)32-16-14-28-20-32)4-3-21(1)17-29-23-5-9-25(10-6-23)31-15-13-27-19-31/h1-20H. The van der Waals surface area contributed by atoms with Gasteiger partial charge in [0.05, 0.1) is 24.0 Å². The minimum atomic E-state index is 0.902. The van der Waals surface area contributed by atoms with E-state index in [1.54, 1.807) is 25.0 Å². The van der Waals surface area contributed by atoms with E-state index in [9.17, 15) is 0 Å². The predicted molar refractivity (Wildman–Crippen MR) is 128 cm³/mol. The van der Waals surface area contributed by atoms with Crippen molar-refractivity contribution in [3.05, 3.63) is 121 Å². The van der Waals surface area contributed by atoms with Gasteiger partial charge in [-0.2, -0.15) is 0 Å². The van der Waals surface area contributed by atoms with Crippen molar-refractivity contribution < 1.29 is 0 Å². The van der Waals surface area contributed by atoms with Crippen molar-refractivity contribution in [1.82, 2.24) is 19.1 Å². The van der Waals surface area contributed by atoms with Crippen molar-refractivity contribution >= 4 is 23.8 Å². The number of nitrogens with zero attached hydrogens (tertiary/aromatic N) is 6. The highest BCUT2D eigenvalue weighted by Crippen LogP contribution is 2.17. The van der Waals surface area contributed by atoms with Crippen LogP contribution in [0.1, 0.15) is 11.1 Å². The average molecular weight is 416 g/mol. The first-order valence-electron chi connectivity index (χ1n) is 10.2. The van der Waals surface area contributed by atoms with E-state index < -0.39 is 0 Å². The zero-order valence-electron chi connectivity index (χ0n) is 17.2. The van der Waals surface area contributed by atoms with Crippen molar-refractivity contribution in [3.63, 3.8) is 0 Å². The Morgan fingerprint density at radius 1 is 0.531 bits per heavy atom. The second kappa shape index (κ2) is 9.06. The van der Waals surface area contributed by atoms with Crippen molar-refractivity contribution in [2.75, 3.05) is 0 Å². The molecular formula is C26H20N6. The average Bonchev–Trinajstić information content (AvgIpc) is 3.58. The Kier molecular flexibility index (Phi) is 5.49. The van der Waals surface area contributed by atoms with Gasteiger partial charge in [0.25, 0.3) is 0 Å². The molecule has 0 spiro atoms. The molecule has 3 aromatic carbocycles. The summed E-state index contributed by atoms with van der Waals surface area (Å²) in [6.45, 7) is 0. The molecule has 0 aliphatic carbocycles. The van der Waals surface area contributed by atoms with Crippen molar-refractivity contribution in [3.8, 4) is 11.4 Å². The molecule has 0 N–H and O–H groups in total. The molecule has 0 aliphatic rings. The highest BCUT2D eigenvalue weighted by Gasteiger charge is 1.97. The van der Waals surface area contributed by atoms with Crippen LogP contribution in [0.25, 0.3) is 11.4 Å². The molecule has 154 valence electrons. The topological polar surface area (TPSA) is 60.4 Å². The molecular weight excluding hydrogens is 396 g/mol. The number of rotatable bonds is 6. The van der Waals surface area contributed by atoms with Gasteiger partial charge in [-0.05, 0) is 59.7 Å². The third-order valence-electron chi connectivity index (χ3n) is 4.97. The third kappa shape index (κ3) is 4.60. The molecule has 0 aliphatic heterocycles. The van der Waals surface area contributed by atoms with E-state index in [1.807, 2.05) is 107 Å². The third-order valence-corrected chi connectivity index (χ3v) is 4.97. The Hall–Kier alpha value is -4.58. The monoisotopic (exact) mass is 416 g/mol. The Labute approximate surface area is 185 Å². The van der Waals surface area contributed by atoms with Crippen molar-refractivity contribution in [2.24, 2.45) is 9.98 Å². The van der Waals surface area contributed by atoms with Gasteiger partial charge >= 0.3 is 0 Å². The van der Waals surface area contributed by atoms with Crippen LogP contribution >= 0.6 is 0 Å². The maximum absolute atomic E-state index is 4.56. The summed E-state index contributed by atoms with van der Waals surface area (Å²) in [5, 5.41) is 0. The van der Waals surface area contributed by atoms with E-state index in [0.717, 1.165) is 33.9 Å². The summed E-state index contributed by atoms with van der Waals surface area (Å²) in [5.41, 5.74) is 5.98. The number of imidazole rings is 2. The second-order valence-corrected chi connectivity index (χ2v) is 7.16. The summed E-state index contributed by atoms with van der Waals surface area (Å²) in [5.74, 6) is 0. The van der Waals surface area contributed by atoms with Gasteiger partial charge in [-0.15, -0.1) is 0 Å². The van der Waals surface area contributed by atoms with Crippen LogP contribution in [-0.2, 0) is 0 Å². The van der Waals surface area contributed by atoms with Crippen LogP contribution in [-0.4, -0.2) is 31.5 Å². The molecule has 0 unspecified atom stereocenters. The molecule has 0 radical (unpaired) electrons. The van der Waals surface area contributed by atoms with E-state index in [1.165, 1.54) is 0 Å². The smallest absolute Gasteiger partial charge is 0.0991 e. The fourth-order valence-electron chi connectivity index (χ4n) is 3.21. The van der Waals surface area contributed by atoms with Gasteiger partial charge in [0.15, 0.2) is 0 Å². The summed E-state index contributed by atoms with van der Waals surface area (Å²) in [6.07, 6.45) is 14.6. The first-order valence-corrected chi connectivity index (χ1v) is 10.2. The zero-order valence-corrected chi connectivity index (χ0v) is 17.2. The van der Waals surface area contributed by atoms with Crippen LogP contribution in [0.15, 0.2) is 120 Å². The fourth-order valence-corrected chi connectivity index (χ4v) is 3.21. The van der Waals surface area contributed by atoms with E-state index >= 15 is 0 Å². The summed E-state index contributed by atoms with van der Waals surface area (Å²) >= 11 is 0. The normalized spacial score (nSPS) is 11.5. The summed E-state index contributed by atoms with van der Waals surface area (Å²) in [7, 11) is 0. The first-order chi connectivity index (χ1) is 15.8. The van der Waals surface area contributed by atoms with E-state index in [0.29, 0.717) is 0 Å². The summed E-state index contributed by atoms with van der Waals surface area (Å²) in [4.78, 5) is 17.3. The minimum Gasteiger partial charge on any atom is -0.306 e. The lowest BCUT2D eigenvalue weighted by Crippen LogP contribution is -1.88. The zero-order chi connectivity index (χ0) is 21.6. The van der Waals surface area contributed by atoms with Gasteiger partial charge in [-0.3, -0.25) is 9.98 Å². The molecule has 0 fully saturated rings. The largest absolute Gasteiger partial charge is 0.306 e. The lowest BCUT2D eigenvalue weighted by atomic mass is 10.1. The van der Waals surface area contributed by atoms with Gasteiger partial charge < -0.3 is 9.13 Å². The van der Waals surface area contributed by atoms with Crippen molar-refractivity contribution in [2.45, 2.75) is 0 Å². The lowest BCUT2D eigenvalue weighted by Gasteiger charge is -2.02. The van der Waals surface area contributed by atoms with E-state index in [-0.39, 0.29) is 0 Å². The van der Waals surface area contributed by atoms with Crippen LogP contribution in [0.5, 0.6) is 0 Å². The van der Waals surface area contributed by atoms with Gasteiger partial charge in [0.2, 0.25) is 0 Å². The Balaban J connectivity index is 1.21. The highest BCUT2D eigenvalue weighted by atomic mass is 15.0. The van der Waals surface area contributed by atoms with Gasteiger partial charge in [0, 0.05) is 48.6 Å². The molecule has 0 amide bonds. The number of aliphatic imine (C=N–C) groups is 2. The number of benzene rings is 3. The quantitative estimate of drug-likeness (QED) is 0.340. The molecule has 0 bridgehead atoms. The number of aromatic nitrogens is 4. The van der Waals surface area contributed by atoms with Crippen LogP contribution in [0.4, 0.5) is 11.4 Å². The Morgan fingerprint density at radius 3 is 1.28 bits per heavy atom. The predicted octanol–water partition coefficient (Wildman–Crippen LogP) is 5.56. The van der Waals surface area contributed by atoms with Gasteiger partial charge in [0.1, 0.15) is 0 Å². The SMILES string of the molecule is C(=Nc1ccc(-n2ccnc2)cc1)c1ccc(C=Nc2ccc(-n3ccnc3)cc2)cc1. The van der Waals surface area contributed by atoms with E-state index in [2.05, 4.69) is 20.0 Å². The Morgan fingerprint density at radius 2 is 0.938 bits per heavy atom. The van der Waals surface area contributed by atoms with Crippen LogP contribution < -0.4 is 0 Å². The van der Waals surface area contributed by atoms with Crippen LogP contribution in [0, 0.1) is 0 Å². The van der Waals surface area contributed by atoms with Crippen LogP contribution in [0.3, 0.4) is 0 Å². The maximum Gasteiger partial charge on any atom is 0.0991 e. The van der Waals surface area contributed by atoms with E-state index in [4.69, 9.17) is 0 Å². The summed E-state index contributed by atoms with van der Waals surface area (Å²) < 4.78 is 3.92. The Bertz CT molecular complexity index is 1210. The molecule has 0 saturated heterocycles. The molecule has 6 heteroatoms. The van der Waals surface area contributed by atoms with Gasteiger partial charge in [-0.25, -0.2) is 9.97 Å². The summed E-state index contributed by atoms with van der Waals surface area (Å²) in [6, 6.07) is 24.2. The maximum atomic E-state index is 4.56. The molecule has 5 rings (SSSR count). The molecule has 5 aromatic rings. The molecule has 6 nitrogen and oxygen atoms in total. The first kappa shape index (κ1) is 19.4. The number of hydrogen-bond acceptors (Lipinski definition) is 4.